The van der Waals surface area contributed by atoms with Crippen LogP contribution in [0.25, 0.3) is 11.3 Å². The van der Waals surface area contributed by atoms with Crippen LogP contribution in [0.15, 0.2) is 42.6 Å². The van der Waals surface area contributed by atoms with Crippen molar-refractivity contribution in [2.24, 2.45) is 0 Å². The molecule has 2 rings (SSSR count). The van der Waals surface area contributed by atoms with Crippen molar-refractivity contribution in [2.75, 3.05) is 7.11 Å². The van der Waals surface area contributed by atoms with Crippen molar-refractivity contribution in [2.45, 2.75) is 0 Å². The van der Waals surface area contributed by atoms with E-state index in [1.54, 1.807) is 19.4 Å². The van der Waals surface area contributed by atoms with Gasteiger partial charge in [0.05, 0.1) is 12.8 Å². The third kappa shape index (κ3) is 1.96. The summed E-state index contributed by atoms with van der Waals surface area (Å²) in [5, 5.41) is 0. The normalized spacial score (nSPS) is 10.0. The first-order valence-corrected chi connectivity index (χ1v) is 4.56. The number of methoxy groups -OCH3 is 1. The highest BCUT2D eigenvalue weighted by molar-refractivity contribution is 5.66. The number of nitrogens with zero attached hydrogens (tertiary/aromatic N) is 1. The average molecular weight is 203 g/mol. The summed E-state index contributed by atoms with van der Waals surface area (Å²) in [6.45, 7) is 0. The molecule has 76 valence electrons. The minimum atomic E-state index is -0.295. The summed E-state index contributed by atoms with van der Waals surface area (Å²) in [5.41, 5.74) is 1.37. The molecule has 0 unspecified atom stereocenters. The van der Waals surface area contributed by atoms with Crippen LogP contribution in [-0.2, 0) is 0 Å². The van der Waals surface area contributed by atoms with E-state index >= 15 is 0 Å². The zero-order chi connectivity index (χ0) is 10.7. The molecule has 0 atom stereocenters. The number of pyridine rings is 1. The molecule has 0 bridgehead atoms. The van der Waals surface area contributed by atoms with E-state index in [-0.39, 0.29) is 5.82 Å². The zero-order valence-electron chi connectivity index (χ0n) is 8.27. The molecule has 1 aromatic heterocycles. The topological polar surface area (TPSA) is 22.1 Å². The van der Waals surface area contributed by atoms with Crippen LogP contribution >= 0.6 is 0 Å². The van der Waals surface area contributed by atoms with E-state index in [0.717, 1.165) is 0 Å². The van der Waals surface area contributed by atoms with Gasteiger partial charge < -0.3 is 4.74 Å². The third-order valence-electron chi connectivity index (χ3n) is 2.10. The van der Waals surface area contributed by atoms with Gasteiger partial charge in [0, 0.05) is 11.8 Å². The predicted molar refractivity (Wildman–Crippen MR) is 56.2 cm³/mol. The van der Waals surface area contributed by atoms with Gasteiger partial charge in [-0.3, -0.25) is 4.98 Å². The van der Waals surface area contributed by atoms with Gasteiger partial charge in [-0.05, 0) is 30.3 Å². The van der Waals surface area contributed by atoms with Crippen LogP contribution in [0.1, 0.15) is 0 Å². The molecule has 0 fully saturated rings. The molecule has 0 saturated heterocycles. The van der Waals surface area contributed by atoms with Gasteiger partial charge in [-0.25, -0.2) is 4.39 Å². The van der Waals surface area contributed by atoms with Crippen molar-refractivity contribution in [3.8, 4) is 17.0 Å². The molecular formula is C12H10FNO. The van der Waals surface area contributed by atoms with Gasteiger partial charge in [0.25, 0.3) is 0 Å². The Morgan fingerprint density at radius 2 is 2.07 bits per heavy atom. The smallest absolute Gasteiger partial charge is 0.128 e. The first-order valence-electron chi connectivity index (χ1n) is 4.56. The summed E-state index contributed by atoms with van der Waals surface area (Å²) in [7, 11) is 1.56. The lowest BCUT2D eigenvalue weighted by molar-refractivity contribution is 0.415. The Morgan fingerprint density at radius 1 is 1.20 bits per heavy atom. The minimum absolute atomic E-state index is 0.295. The fraction of sp³-hybridized carbons (Fsp3) is 0.0833. The van der Waals surface area contributed by atoms with Gasteiger partial charge in [-0.1, -0.05) is 6.07 Å². The zero-order valence-corrected chi connectivity index (χ0v) is 8.27. The summed E-state index contributed by atoms with van der Waals surface area (Å²) in [5.74, 6) is 0.326. The first kappa shape index (κ1) is 9.65. The van der Waals surface area contributed by atoms with Gasteiger partial charge >= 0.3 is 0 Å². The molecular weight excluding hydrogens is 193 g/mol. The van der Waals surface area contributed by atoms with Gasteiger partial charge in [0.15, 0.2) is 0 Å². The maximum Gasteiger partial charge on any atom is 0.128 e. The van der Waals surface area contributed by atoms with Crippen molar-refractivity contribution in [3.05, 3.63) is 48.4 Å². The monoisotopic (exact) mass is 203 g/mol. The fourth-order valence-corrected chi connectivity index (χ4v) is 1.40. The third-order valence-corrected chi connectivity index (χ3v) is 2.10. The van der Waals surface area contributed by atoms with Gasteiger partial charge in [-0.2, -0.15) is 0 Å². The highest BCUT2D eigenvalue weighted by Gasteiger charge is 2.07. The van der Waals surface area contributed by atoms with Crippen molar-refractivity contribution in [3.63, 3.8) is 0 Å². The van der Waals surface area contributed by atoms with E-state index in [4.69, 9.17) is 4.74 Å². The molecule has 0 aliphatic rings. The highest BCUT2D eigenvalue weighted by Crippen LogP contribution is 2.28. The lowest BCUT2D eigenvalue weighted by atomic mass is 10.1. The average Bonchev–Trinajstić information content (AvgIpc) is 2.30. The Morgan fingerprint density at radius 3 is 2.73 bits per heavy atom. The standard InChI is InChI=1S/C12H10FNO/c1-15-12-6-5-9(13)8-10(12)11-4-2-3-7-14-11/h2-8H,1H3. The van der Waals surface area contributed by atoms with E-state index in [0.29, 0.717) is 17.0 Å². The van der Waals surface area contributed by atoms with E-state index in [9.17, 15) is 4.39 Å². The van der Waals surface area contributed by atoms with Gasteiger partial charge in [0.2, 0.25) is 0 Å². The highest BCUT2D eigenvalue weighted by atomic mass is 19.1. The molecule has 0 amide bonds. The Hall–Kier alpha value is -1.90. The van der Waals surface area contributed by atoms with Gasteiger partial charge in [0.1, 0.15) is 11.6 Å². The molecule has 0 N–H and O–H groups in total. The van der Waals surface area contributed by atoms with Crippen molar-refractivity contribution < 1.29 is 9.13 Å². The largest absolute Gasteiger partial charge is 0.496 e. The van der Waals surface area contributed by atoms with Crippen LogP contribution in [-0.4, -0.2) is 12.1 Å². The van der Waals surface area contributed by atoms with E-state index in [1.165, 1.54) is 12.1 Å². The summed E-state index contributed by atoms with van der Waals surface area (Å²) in [4.78, 5) is 4.15. The van der Waals surface area contributed by atoms with Crippen molar-refractivity contribution in [1.82, 2.24) is 4.98 Å². The van der Waals surface area contributed by atoms with Crippen molar-refractivity contribution in [1.29, 1.82) is 0 Å². The number of halogens is 1. The van der Waals surface area contributed by atoms with Crippen LogP contribution in [0.4, 0.5) is 4.39 Å². The van der Waals surface area contributed by atoms with Crippen LogP contribution in [0.5, 0.6) is 5.75 Å². The molecule has 0 radical (unpaired) electrons. The minimum Gasteiger partial charge on any atom is -0.496 e. The first-order chi connectivity index (χ1) is 7.31. The molecule has 1 aromatic carbocycles. The quantitative estimate of drug-likeness (QED) is 0.748. The number of benzene rings is 1. The second kappa shape index (κ2) is 4.09. The maximum atomic E-state index is 13.1. The van der Waals surface area contributed by atoms with Crippen LogP contribution < -0.4 is 4.74 Å². The number of ether oxygens (including phenoxy) is 1. The van der Waals surface area contributed by atoms with E-state index in [2.05, 4.69) is 4.98 Å². The summed E-state index contributed by atoms with van der Waals surface area (Å²) in [6.07, 6.45) is 1.67. The summed E-state index contributed by atoms with van der Waals surface area (Å²) in [6, 6.07) is 9.87. The Kier molecular flexibility index (Phi) is 2.63. The lowest BCUT2D eigenvalue weighted by Gasteiger charge is -2.07. The van der Waals surface area contributed by atoms with Crippen molar-refractivity contribution >= 4 is 0 Å². The Bertz CT molecular complexity index is 456. The predicted octanol–water partition coefficient (Wildman–Crippen LogP) is 2.90. The number of hydrogen-bond donors (Lipinski definition) is 0. The summed E-state index contributed by atoms with van der Waals surface area (Å²) < 4.78 is 18.2. The number of hydrogen-bond acceptors (Lipinski definition) is 2. The molecule has 15 heavy (non-hydrogen) atoms. The van der Waals surface area contributed by atoms with E-state index < -0.39 is 0 Å². The number of rotatable bonds is 2. The molecule has 2 aromatic rings. The Labute approximate surface area is 87.4 Å². The van der Waals surface area contributed by atoms with E-state index in [1.807, 2.05) is 18.2 Å². The second-order valence-corrected chi connectivity index (χ2v) is 3.06. The molecule has 1 heterocycles. The SMILES string of the molecule is COc1ccc(F)cc1-c1ccccn1. The van der Waals surface area contributed by atoms with Crippen LogP contribution in [0.3, 0.4) is 0 Å². The fourth-order valence-electron chi connectivity index (χ4n) is 1.40. The molecule has 0 aliphatic heterocycles. The lowest BCUT2D eigenvalue weighted by Crippen LogP contribution is -1.90. The molecule has 0 aliphatic carbocycles. The van der Waals surface area contributed by atoms with Crippen LogP contribution in [0.2, 0.25) is 0 Å². The molecule has 0 spiro atoms. The maximum absolute atomic E-state index is 13.1. The second-order valence-electron chi connectivity index (χ2n) is 3.06. The molecule has 3 heteroatoms. The van der Waals surface area contributed by atoms with Crippen LogP contribution in [0, 0.1) is 5.82 Å². The number of aromatic nitrogens is 1. The Balaban J connectivity index is 2.56. The molecule has 0 saturated carbocycles. The van der Waals surface area contributed by atoms with Gasteiger partial charge in [-0.15, -0.1) is 0 Å². The summed E-state index contributed by atoms with van der Waals surface area (Å²) >= 11 is 0. The molecule has 2 nitrogen and oxygen atoms in total.